The molecule has 1 aromatic carbocycles. The van der Waals surface area contributed by atoms with Crippen LogP contribution in [0.4, 0.5) is 5.69 Å². The Kier molecular flexibility index (Phi) is 2.83. The molecular formula is C14H12N2O2S. The summed E-state index contributed by atoms with van der Waals surface area (Å²) in [6.45, 7) is 0. The molecular weight excluding hydrogens is 260 g/mol. The van der Waals surface area contributed by atoms with E-state index in [1.165, 1.54) is 16.2 Å². The van der Waals surface area contributed by atoms with Crippen LogP contribution in [0.15, 0.2) is 41.8 Å². The van der Waals surface area contributed by atoms with E-state index in [-0.39, 0.29) is 5.91 Å². The van der Waals surface area contributed by atoms with Gasteiger partial charge in [-0.3, -0.25) is 14.5 Å². The number of carbonyl (C=O) groups excluding carboxylic acids is 2. The number of thiophene rings is 1. The molecule has 3 rings (SSSR count). The van der Waals surface area contributed by atoms with Gasteiger partial charge in [0.2, 0.25) is 5.91 Å². The second-order valence-corrected chi connectivity index (χ2v) is 5.35. The normalized spacial score (nSPS) is 17.3. The van der Waals surface area contributed by atoms with Crippen LogP contribution >= 0.6 is 11.3 Å². The maximum atomic E-state index is 12.5. The number of anilines is 1. The van der Waals surface area contributed by atoms with E-state index >= 15 is 0 Å². The number of nitrogens with zero attached hydrogens (tertiary/aromatic N) is 1. The molecule has 0 spiro atoms. The van der Waals surface area contributed by atoms with Gasteiger partial charge < -0.3 is 5.73 Å². The molecule has 0 radical (unpaired) electrons. The Morgan fingerprint density at radius 2 is 2.00 bits per heavy atom. The Hall–Kier alpha value is -2.14. The summed E-state index contributed by atoms with van der Waals surface area (Å²) in [7, 11) is 0. The lowest BCUT2D eigenvalue weighted by Crippen LogP contribution is -2.45. The van der Waals surface area contributed by atoms with Gasteiger partial charge in [0.1, 0.15) is 6.04 Å². The zero-order chi connectivity index (χ0) is 13.4. The van der Waals surface area contributed by atoms with E-state index < -0.39 is 11.9 Å². The van der Waals surface area contributed by atoms with Crippen molar-refractivity contribution in [3.8, 4) is 0 Å². The SMILES string of the molecule is NC(=O)C1Cc2ccccc2N1C(=O)c1cccs1. The summed E-state index contributed by atoms with van der Waals surface area (Å²) in [6.07, 6.45) is 0.489. The summed E-state index contributed by atoms with van der Waals surface area (Å²) in [6, 6.07) is 10.5. The topological polar surface area (TPSA) is 63.4 Å². The van der Waals surface area contributed by atoms with Gasteiger partial charge in [-0.15, -0.1) is 11.3 Å². The van der Waals surface area contributed by atoms with Crippen LogP contribution in [0.5, 0.6) is 0 Å². The first kappa shape index (κ1) is 11.9. The zero-order valence-electron chi connectivity index (χ0n) is 10.1. The van der Waals surface area contributed by atoms with Gasteiger partial charge in [-0.1, -0.05) is 24.3 Å². The molecule has 1 aliphatic rings. The third-order valence-corrected chi connectivity index (χ3v) is 4.11. The highest BCUT2D eigenvalue weighted by Crippen LogP contribution is 2.33. The summed E-state index contributed by atoms with van der Waals surface area (Å²) in [5, 5.41) is 1.84. The first-order valence-electron chi connectivity index (χ1n) is 5.93. The maximum Gasteiger partial charge on any atom is 0.269 e. The number of benzene rings is 1. The highest BCUT2D eigenvalue weighted by Gasteiger charge is 2.37. The Labute approximate surface area is 114 Å². The molecule has 1 aliphatic heterocycles. The largest absolute Gasteiger partial charge is 0.368 e. The summed E-state index contributed by atoms with van der Waals surface area (Å²) in [5.74, 6) is -0.634. The standard InChI is InChI=1S/C14H12N2O2S/c15-13(17)11-8-9-4-1-2-5-10(9)16(11)14(18)12-6-3-7-19-12/h1-7,11H,8H2,(H2,15,17). The van der Waals surface area contributed by atoms with Crippen LogP contribution in [0.3, 0.4) is 0 Å². The lowest BCUT2D eigenvalue weighted by Gasteiger charge is -2.22. The second-order valence-electron chi connectivity index (χ2n) is 4.40. The number of hydrogen-bond acceptors (Lipinski definition) is 3. The van der Waals surface area contributed by atoms with Crippen molar-refractivity contribution in [3.05, 3.63) is 52.2 Å². The Morgan fingerprint density at radius 3 is 2.68 bits per heavy atom. The lowest BCUT2D eigenvalue weighted by atomic mass is 10.1. The molecule has 2 heterocycles. The minimum atomic E-state index is -0.591. The van der Waals surface area contributed by atoms with Gasteiger partial charge in [-0.05, 0) is 23.1 Å². The van der Waals surface area contributed by atoms with E-state index in [0.717, 1.165) is 11.3 Å². The molecule has 5 heteroatoms. The molecule has 1 unspecified atom stereocenters. The Balaban J connectivity index is 2.05. The van der Waals surface area contributed by atoms with Gasteiger partial charge >= 0.3 is 0 Å². The van der Waals surface area contributed by atoms with E-state index in [9.17, 15) is 9.59 Å². The predicted octanol–water partition coefficient (Wildman–Crippen LogP) is 1.80. The fourth-order valence-corrected chi connectivity index (χ4v) is 3.04. The molecule has 96 valence electrons. The van der Waals surface area contributed by atoms with Crippen LogP contribution in [0, 0.1) is 0 Å². The molecule has 0 bridgehead atoms. The number of hydrogen-bond donors (Lipinski definition) is 1. The van der Waals surface area contributed by atoms with Crippen molar-refractivity contribution in [3.63, 3.8) is 0 Å². The van der Waals surface area contributed by atoms with Crippen molar-refractivity contribution >= 4 is 28.8 Å². The first-order valence-corrected chi connectivity index (χ1v) is 6.80. The van der Waals surface area contributed by atoms with Gasteiger partial charge in [0, 0.05) is 12.1 Å². The summed E-state index contributed by atoms with van der Waals surface area (Å²) in [5.41, 5.74) is 7.19. The fraction of sp³-hybridized carbons (Fsp3) is 0.143. The number of para-hydroxylation sites is 1. The highest BCUT2D eigenvalue weighted by atomic mass is 32.1. The summed E-state index contributed by atoms with van der Waals surface area (Å²) >= 11 is 1.36. The van der Waals surface area contributed by atoms with Crippen LogP contribution < -0.4 is 10.6 Å². The van der Waals surface area contributed by atoms with Crippen LogP contribution in [-0.2, 0) is 11.2 Å². The van der Waals surface area contributed by atoms with E-state index in [2.05, 4.69) is 0 Å². The summed E-state index contributed by atoms with van der Waals surface area (Å²) < 4.78 is 0. The first-order chi connectivity index (χ1) is 9.18. The zero-order valence-corrected chi connectivity index (χ0v) is 10.9. The maximum absolute atomic E-state index is 12.5. The van der Waals surface area contributed by atoms with E-state index in [0.29, 0.717) is 11.3 Å². The molecule has 2 aromatic rings. The molecule has 0 saturated heterocycles. The van der Waals surface area contributed by atoms with Crippen LogP contribution in [0.2, 0.25) is 0 Å². The minimum Gasteiger partial charge on any atom is -0.368 e. The smallest absolute Gasteiger partial charge is 0.269 e. The molecule has 4 nitrogen and oxygen atoms in total. The predicted molar refractivity (Wildman–Crippen MR) is 74.3 cm³/mol. The molecule has 2 N–H and O–H groups in total. The number of amides is 2. The number of fused-ring (bicyclic) bond motifs is 1. The number of carbonyl (C=O) groups is 2. The lowest BCUT2D eigenvalue weighted by molar-refractivity contribution is -0.119. The average molecular weight is 272 g/mol. The number of nitrogens with two attached hydrogens (primary N) is 1. The van der Waals surface area contributed by atoms with Gasteiger partial charge in [0.05, 0.1) is 4.88 Å². The van der Waals surface area contributed by atoms with Crippen molar-refractivity contribution < 1.29 is 9.59 Å². The molecule has 0 aliphatic carbocycles. The highest BCUT2D eigenvalue weighted by molar-refractivity contribution is 7.12. The second kappa shape index (κ2) is 4.51. The van der Waals surface area contributed by atoms with Crippen molar-refractivity contribution in [2.45, 2.75) is 12.5 Å². The average Bonchev–Trinajstić information content (AvgIpc) is 3.05. The quantitative estimate of drug-likeness (QED) is 0.906. The van der Waals surface area contributed by atoms with Gasteiger partial charge in [-0.2, -0.15) is 0 Å². The van der Waals surface area contributed by atoms with Crippen LogP contribution in [0.1, 0.15) is 15.2 Å². The molecule has 19 heavy (non-hydrogen) atoms. The van der Waals surface area contributed by atoms with E-state index in [4.69, 9.17) is 5.73 Å². The number of rotatable bonds is 2. The van der Waals surface area contributed by atoms with Crippen molar-refractivity contribution in [1.82, 2.24) is 0 Å². The Morgan fingerprint density at radius 1 is 1.21 bits per heavy atom. The van der Waals surface area contributed by atoms with Crippen LogP contribution in [-0.4, -0.2) is 17.9 Å². The molecule has 0 saturated carbocycles. The third-order valence-electron chi connectivity index (χ3n) is 3.26. The van der Waals surface area contributed by atoms with Gasteiger partial charge in [0.25, 0.3) is 5.91 Å². The van der Waals surface area contributed by atoms with Crippen LogP contribution in [0.25, 0.3) is 0 Å². The van der Waals surface area contributed by atoms with Crippen molar-refractivity contribution in [1.29, 1.82) is 0 Å². The molecule has 0 fully saturated rings. The van der Waals surface area contributed by atoms with Crippen molar-refractivity contribution in [2.75, 3.05) is 4.90 Å². The Bertz CT molecular complexity index is 637. The fourth-order valence-electron chi connectivity index (χ4n) is 2.38. The molecule has 1 atom stereocenters. The molecule has 2 amide bonds. The van der Waals surface area contributed by atoms with Crippen molar-refractivity contribution in [2.24, 2.45) is 5.73 Å². The molecule has 1 aromatic heterocycles. The summed E-state index contributed by atoms with van der Waals surface area (Å²) in [4.78, 5) is 26.2. The third kappa shape index (κ3) is 1.92. The monoisotopic (exact) mass is 272 g/mol. The van der Waals surface area contributed by atoms with E-state index in [1.807, 2.05) is 35.7 Å². The minimum absolute atomic E-state index is 0.163. The van der Waals surface area contributed by atoms with Gasteiger partial charge in [-0.25, -0.2) is 0 Å². The van der Waals surface area contributed by atoms with Gasteiger partial charge in [0.15, 0.2) is 0 Å². The number of primary amides is 1. The van der Waals surface area contributed by atoms with E-state index in [1.54, 1.807) is 6.07 Å².